The molecule has 0 aliphatic rings. The van der Waals surface area contributed by atoms with Crippen LogP contribution in [0.25, 0.3) is 0 Å². The van der Waals surface area contributed by atoms with Crippen LogP contribution in [0.4, 0.5) is 5.69 Å². The Labute approximate surface area is 117 Å². The Morgan fingerprint density at radius 1 is 1.35 bits per heavy atom. The van der Waals surface area contributed by atoms with Gasteiger partial charge in [-0.15, -0.1) is 0 Å². The molecule has 6 nitrogen and oxygen atoms in total. The molecular weight excluding hydrogens is 262 g/mol. The summed E-state index contributed by atoms with van der Waals surface area (Å²) in [6.07, 6.45) is 0. The fourth-order valence-electron chi connectivity index (χ4n) is 1.41. The number of carboxylic acids is 1. The van der Waals surface area contributed by atoms with Crippen molar-refractivity contribution in [2.45, 2.75) is 20.8 Å². The van der Waals surface area contributed by atoms with Crippen LogP contribution in [0, 0.1) is 5.41 Å². The number of para-hydroxylation sites is 1. The molecule has 0 radical (unpaired) electrons. The lowest BCUT2D eigenvalue weighted by Crippen LogP contribution is -2.30. The van der Waals surface area contributed by atoms with E-state index in [4.69, 9.17) is 20.3 Å². The van der Waals surface area contributed by atoms with Crippen molar-refractivity contribution < 1.29 is 24.2 Å². The van der Waals surface area contributed by atoms with Gasteiger partial charge in [0, 0.05) is 0 Å². The Balaban J connectivity index is 2.88. The number of esters is 1. The zero-order valence-corrected chi connectivity index (χ0v) is 11.8. The first kappa shape index (κ1) is 15.8. The average molecular weight is 281 g/mol. The SMILES string of the molecule is CCOc1c(N)cccc1C(=O)OCC(C)(C)C(=O)O. The highest BCUT2D eigenvalue weighted by molar-refractivity contribution is 5.94. The molecule has 0 unspecified atom stereocenters. The number of hydrogen-bond donors (Lipinski definition) is 2. The molecule has 0 aromatic heterocycles. The molecule has 0 heterocycles. The van der Waals surface area contributed by atoms with Gasteiger partial charge in [-0.05, 0) is 32.9 Å². The normalized spacial score (nSPS) is 10.9. The first-order valence-corrected chi connectivity index (χ1v) is 6.21. The van der Waals surface area contributed by atoms with E-state index in [2.05, 4.69) is 0 Å². The predicted molar refractivity (Wildman–Crippen MR) is 73.7 cm³/mol. The number of anilines is 1. The fraction of sp³-hybridized carbons (Fsp3) is 0.429. The Morgan fingerprint density at radius 3 is 2.55 bits per heavy atom. The van der Waals surface area contributed by atoms with E-state index in [9.17, 15) is 9.59 Å². The highest BCUT2D eigenvalue weighted by atomic mass is 16.5. The van der Waals surface area contributed by atoms with Crippen LogP contribution in [0.1, 0.15) is 31.1 Å². The van der Waals surface area contributed by atoms with Crippen molar-refractivity contribution >= 4 is 17.6 Å². The lowest BCUT2D eigenvalue weighted by molar-refractivity contribution is -0.149. The minimum absolute atomic E-state index is 0.188. The first-order chi connectivity index (χ1) is 9.29. The van der Waals surface area contributed by atoms with E-state index in [0.29, 0.717) is 12.3 Å². The average Bonchev–Trinajstić information content (AvgIpc) is 2.38. The van der Waals surface area contributed by atoms with Gasteiger partial charge in [-0.25, -0.2) is 4.79 Å². The van der Waals surface area contributed by atoms with Crippen molar-refractivity contribution in [3.05, 3.63) is 23.8 Å². The molecule has 0 amide bonds. The molecule has 20 heavy (non-hydrogen) atoms. The molecule has 0 saturated heterocycles. The minimum Gasteiger partial charge on any atom is -0.491 e. The number of nitrogen functional groups attached to an aromatic ring is 1. The Morgan fingerprint density at radius 2 is 2.00 bits per heavy atom. The molecule has 6 heteroatoms. The maximum atomic E-state index is 12.0. The van der Waals surface area contributed by atoms with Crippen LogP contribution < -0.4 is 10.5 Å². The standard InChI is InChI=1S/C14H19NO5/c1-4-19-11-9(6-5-7-10(11)15)12(16)20-8-14(2,3)13(17)18/h5-7H,4,8,15H2,1-3H3,(H,17,18). The molecule has 0 spiro atoms. The molecule has 0 aliphatic heterocycles. The molecule has 0 atom stereocenters. The van der Waals surface area contributed by atoms with Crippen molar-refractivity contribution in [1.29, 1.82) is 0 Å². The summed E-state index contributed by atoms with van der Waals surface area (Å²) in [6.45, 7) is 4.85. The van der Waals surface area contributed by atoms with Gasteiger partial charge in [0.05, 0.1) is 17.7 Å². The Kier molecular flexibility index (Phi) is 4.96. The van der Waals surface area contributed by atoms with E-state index < -0.39 is 17.4 Å². The molecule has 0 fully saturated rings. The van der Waals surface area contributed by atoms with E-state index in [1.165, 1.54) is 19.9 Å². The number of carbonyl (C=O) groups is 2. The number of hydrogen-bond acceptors (Lipinski definition) is 5. The third kappa shape index (κ3) is 3.63. The summed E-state index contributed by atoms with van der Waals surface area (Å²) in [7, 11) is 0. The third-order valence-electron chi connectivity index (χ3n) is 2.70. The largest absolute Gasteiger partial charge is 0.491 e. The highest BCUT2D eigenvalue weighted by Gasteiger charge is 2.29. The van der Waals surface area contributed by atoms with E-state index in [0.717, 1.165) is 0 Å². The van der Waals surface area contributed by atoms with Gasteiger partial charge in [0.2, 0.25) is 0 Å². The zero-order valence-electron chi connectivity index (χ0n) is 11.8. The third-order valence-corrected chi connectivity index (χ3v) is 2.70. The number of benzene rings is 1. The summed E-state index contributed by atoms with van der Waals surface area (Å²) in [5.41, 5.74) is 5.12. The Hall–Kier alpha value is -2.24. The second-order valence-electron chi connectivity index (χ2n) is 4.92. The van der Waals surface area contributed by atoms with Gasteiger partial charge in [-0.3, -0.25) is 4.79 Å². The van der Waals surface area contributed by atoms with Crippen LogP contribution >= 0.6 is 0 Å². The number of carbonyl (C=O) groups excluding carboxylic acids is 1. The summed E-state index contributed by atoms with van der Waals surface area (Å²) in [4.78, 5) is 23.0. The van der Waals surface area contributed by atoms with E-state index in [1.807, 2.05) is 0 Å². The van der Waals surface area contributed by atoms with Crippen LogP contribution in [0.5, 0.6) is 5.75 Å². The van der Waals surface area contributed by atoms with Crippen molar-refractivity contribution in [1.82, 2.24) is 0 Å². The first-order valence-electron chi connectivity index (χ1n) is 6.21. The summed E-state index contributed by atoms with van der Waals surface area (Å²) in [6, 6.07) is 4.75. The van der Waals surface area contributed by atoms with Gasteiger partial charge in [0.15, 0.2) is 5.75 Å². The van der Waals surface area contributed by atoms with Gasteiger partial charge in [0.1, 0.15) is 12.2 Å². The molecule has 1 aromatic rings. The molecule has 110 valence electrons. The molecule has 0 bridgehead atoms. The highest BCUT2D eigenvalue weighted by Crippen LogP contribution is 2.27. The smallest absolute Gasteiger partial charge is 0.342 e. The second kappa shape index (κ2) is 6.27. The summed E-state index contributed by atoms with van der Waals surface area (Å²) >= 11 is 0. The van der Waals surface area contributed by atoms with E-state index in [1.54, 1.807) is 19.1 Å². The fourth-order valence-corrected chi connectivity index (χ4v) is 1.41. The molecular formula is C14H19NO5. The van der Waals surface area contributed by atoms with Crippen molar-refractivity contribution in [3.63, 3.8) is 0 Å². The predicted octanol–water partition coefficient (Wildman–Crippen LogP) is 1.94. The van der Waals surface area contributed by atoms with E-state index in [-0.39, 0.29) is 17.9 Å². The van der Waals surface area contributed by atoms with Crippen molar-refractivity contribution in [3.8, 4) is 5.75 Å². The van der Waals surface area contributed by atoms with Crippen molar-refractivity contribution in [2.75, 3.05) is 18.9 Å². The number of rotatable bonds is 6. The van der Waals surface area contributed by atoms with E-state index >= 15 is 0 Å². The minimum atomic E-state index is -1.15. The lowest BCUT2D eigenvalue weighted by atomic mass is 9.95. The van der Waals surface area contributed by atoms with Gasteiger partial charge in [0.25, 0.3) is 0 Å². The maximum absolute atomic E-state index is 12.0. The van der Waals surface area contributed by atoms with Crippen LogP contribution in [-0.2, 0) is 9.53 Å². The van der Waals surface area contributed by atoms with Gasteiger partial charge < -0.3 is 20.3 Å². The quantitative estimate of drug-likeness (QED) is 0.610. The number of ether oxygens (including phenoxy) is 2. The van der Waals surface area contributed by atoms with Crippen molar-refractivity contribution in [2.24, 2.45) is 5.41 Å². The van der Waals surface area contributed by atoms with Gasteiger partial charge in [-0.2, -0.15) is 0 Å². The topological polar surface area (TPSA) is 98.9 Å². The monoisotopic (exact) mass is 281 g/mol. The molecule has 1 rings (SSSR count). The summed E-state index contributed by atoms with van der Waals surface area (Å²) < 4.78 is 10.4. The summed E-state index contributed by atoms with van der Waals surface area (Å²) in [5.74, 6) is -1.44. The van der Waals surface area contributed by atoms with Gasteiger partial charge >= 0.3 is 11.9 Å². The number of nitrogens with two attached hydrogens (primary N) is 1. The molecule has 1 aromatic carbocycles. The molecule has 0 aliphatic carbocycles. The number of aliphatic carboxylic acids is 1. The maximum Gasteiger partial charge on any atom is 0.342 e. The summed E-state index contributed by atoms with van der Waals surface area (Å²) in [5, 5.41) is 8.97. The Bertz CT molecular complexity index is 510. The van der Waals surface area contributed by atoms with Crippen LogP contribution in [0.3, 0.4) is 0 Å². The van der Waals surface area contributed by atoms with Gasteiger partial charge in [-0.1, -0.05) is 6.07 Å². The lowest BCUT2D eigenvalue weighted by Gasteiger charge is -2.19. The van der Waals surface area contributed by atoms with Crippen LogP contribution in [0.15, 0.2) is 18.2 Å². The van der Waals surface area contributed by atoms with Crippen LogP contribution in [0.2, 0.25) is 0 Å². The second-order valence-corrected chi connectivity index (χ2v) is 4.92. The molecule has 0 saturated carbocycles. The van der Waals surface area contributed by atoms with Crippen LogP contribution in [-0.4, -0.2) is 30.3 Å². The molecule has 3 N–H and O–H groups in total. The zero-order chi connectivity index (χ0) is 15.3. The number of carboxylic acid groups (broad SMARTS) is 1.